The Kier molecular flexibility index (Phi) is 6.94. The van der Waals surface area contributed by atoms with Crippen molar-refractivity contribution in [2.45, 2.75) is 11.8 Å². The van der Waals surface area contributed by atoms with Crippen molar-refractivity contribution in [2.75, 3.05) is 7.11 Å². The van der Waals surface area contributed by atoms with Crippen LogP contribution in [-0.4, -0.2) is 27.6 Å². The second-order valence-corrected chi connectivity index (χ2v) is 8.40. The number of ether oxygens (including phenoxy) is 1. The number of hydrogen-bond acceptors (Lipinski definition) is 6. The first kappa shape index (κ1) is 22.3. The molecule has 0 aliphatic carbocycles. The lowest BCUT2D eigenvalue weighted by atomic mass is 10.2. The maximum absolute atomic E-state index is 12.6. The number of methoxy groups -OCH3 is 1. The van der Waals surface area contributed by atoms with E-state index in [0.29, 0.717) is 11.1 Å². The molecule has 0 unspecified atom stereocenters. The Morgan fingerprint density at radius 2 is 1.74 bits per heavy atom. The molecule has 3 aromatic carbocycles. The SMILES string of the molecule is COc1cc(C=NNC(=O)c2ccccc2)cc(Cl)c1OS(=O)(=O)c1ccc(C)cc1. The maximum atomic E-state index is 12.6. The fourth-order valence-electron chi connectivity index (χ4n) is 2.58. The van der Waals surface area contributed by atoms with Crippen LogP contribution in [0.15, 0.2) is 76.7 Å². The molecule has 160 valence electrons. The second-order valence-electron chi connectivity index (χ2n) is 6.45. The van der Waals surface area contributed by atoms with Gasteiger partial charge >= 0.3 is 10.1 Å². The molecule has 7 nitrogen and oxygen atoms in total. The molecule has 0 atom stereocenters. The Morgan fingerprint density at radius 1 is 1.06 bits per heavy atom. The quantitative estimate of drug-likeness (QED) is 0.325. The molecule has 0 fully saturated rings. The van der Waals surface area contributed by atoms with Gasteiger partial charge in [-0.05, 0) is 48.9 Å². The van der Waals surface area contributed by atoms with Crippen LogP contribution in [-0.2, 0) is 10.1 Å². The topological polar surface area (TPSA) is 94.1 Å². The number of hydrogen-bond donors (Lipinski definition) is 1. The van der Waals surface area contributed by atoms with Crippen LogP contribution in [0.1, 0.15) is 21.5 Å². The zero-order valence-corrected chi connectivity index (χ0v) is 18.3. The van der Waals surface area contributed by atoms with E-state index < -0.39 is 10.1 Å². The number of halogens is 1. The van der Waals surface area contributed by atoms with E-state index in [0.717, 1.165) is 5.56 Å². The van der Waals surface area contributed by atoms with E-state index in [-0.39, 0.29) is 27.3 Å². The predicted octanol–water partition coefficient (Wildman–Crippen LogP) is 4.19. The molecular formula is C22H19ClN2O5S. The summed E-state index contributed by atoms with van der Waals surface area (Å²) in [6.45, 7) is 1.85. The third-order valence-corrected chi connectivity index (χ3v) is 5.69. The monoisotopic (exact) mass is 458 g/mol. The van der Waals surface area contributed by atoms with Crippen molar-refractivity contribution in [3.63, 3.8) is 0 Å². The predicted molar refractivity (Wildman–Crippen MR) is 118 cm³/mol. The lowest BCUT2D eigenvalue weighted by molar-refractivity contribution is 0.0955. The Labute approximate surface area is 185 Å². The molecular weight excluding hydrogens is 440 g/mol. The number of amides is 1. The van der Waals surface area contributed by atoms with Crippen molar-refractivity contribution in [3.8, 4) is 11.5 Å². The highest BCUT2D eigenvalue weighted by Gasteiger charge is 2.22. The van der Waals surface area contributed by atoms with Gasteiger partial charge in [0.05, 0.1) is 18.3 Å². The first-order valence-electron chi connectivity index (χ1n) is 9.07. The third-order valence-electron chi connectivity index (χ3n) is 4.17. The van der Waals surface area contributed by atoms with Crippen LogP contribution < -0.4 is 14.3 Å². The lowest BCUT2D eigenvalue weighted by Crippen LogP contribution is -2.17. The van der Waals surface area contributed by atoms with Gasteiger partial charge in [-0.2, -0.15) is 13.5 Å². The molecule has 0 aliphatic heterocycles. The van der Waals surface area contributed by atoms with E-state index in [1.807, 2.05) is 6.92 Å². The number of nitrogens with one attached hydrogen (secondary N) is 1. The summed E-state index contributed by atoms with van der Waals surface area (Å²) in [5.74, 6) is -0.423. The maximum Gasteiger partial charge on any atom is 0.339 e. The molecule has 1 amide bonds. The average molecular weight is 459 g/mol. The van der Waals surface area contributed by atoms with Crippen molar-refractivity contribution >= 4 is 33.8 Å². The molecule has 0 aromatic heterocycles. The summed E-state index contributed by atoms with van der Waals surface area (Å²) in [7, 11) is -2.76. The van der Waals surface area contributed by atoms with E-state index >= 15 is 0 Å². The largest absolute Gasteiger partial charge is 0.493 e. The van der Waals surface area contributed by atoms with Crippen LogP contribution >= 0.6 is 11.6 Å². The number of nitrogens with zero attached hydrogens (tertiary/aromatic N) is 1. The van der Waals surface area contributed by atoms with Crippen molar-refractivity contribution in [1.29, 1.82) is 0 Å². The number of carbonyl (C=O) groups is 1. The van der Waals surface area contributed by atoms with Crippen LogP contribution in [0.2, 0.25) is 5.02 Å². The summed E-state index contributed by atoms with van der Waals surface area (Å²) >= 11 is 6.25. The molecule has 0 spiro atoms. The van der Waals surface area contributed by atoms with Crippen LogP contribution in [0.4, 0.5) is 0 Å². The number of aryl methyl sites for hydroxylation is 1. The summed E-state index contributed by atoms with van der Waals surface area (Å²) in [5.41, 5.74) is 4.24. The first-order chi connectivity index (χ1) is 14.8. The molecule has 0 heterocycles. The highest BCUT2D eigenvalue weighted by Crippen LogP contribution is 2.38. The lowest BCUT2D eigenvalue weighted by Gasteiger charge is -2.13. The minimum Gasteiger partial charge on any atom is -0.493 e. The smallest absolute Gasteiger partial charge is 0.339 e. The Bertz CT molecular complexity index is 1210. The number of benzene rings is 3. The van der Waals surface area contributed by atoms with Gasteiger partial charge in [0.25, 0.3) is 5.91 Å². The molecule has 0 bridgehead atoms. The van der Waals surface area contributed by atoms with Crippen LogP contribution in [0, 0.1) is 6.92 Å². The van der Waals surface area contributed by atoms with E-state index in [4.69, 9.17) is 20.5 Å². The highest BCUT2D eigenvalue weighted by atomic mass is 35.5. The van der Waals surface area contributed by atoms with Gasteiger partial charge in [0, 0.05) is 5.56 Å². The summed E-state index contributed by atoms with van der Waals surface area (Å²) in [6.07, 6.45) is 1.35. The number of carbonyl (C=O) groups excluding carboxylic acids is 1. The van der Waals surface area contributed by atoms with Crippen molar-refractivity contribution in [1.82, 2.24) is 5.43 Å². The zero-order chi connectivity index (χ0) is 22.4. The van der Waals surface area contributed by atoms with Crippen molar-refractivity contribution in [2.24, 2.45) is 5.10 Å². The standard InChI is InChI=1S/C22H19ClN2O5S/c1-15-8-10-18(11-9-15)31(27,28)30-21-19(23)12-16(13-20(21)29-2)14-24-25-22(26)17-6-4-3-5-7-17/h3-14H,1-2H3,(H,25,26). The van der Waals surface area contributed by atoms with Crippen LogP contribution in [0.5, 0.6) is 11.5 Å². The normalized spacial score (nSPS) is 11.3. The summed E-state index contributed by atoms with van der Waals surface area (Å²) in [6, 6.07) is 17.8. The van der Waals surface area contributed by atoms with Crippen LogP contribution in [0.25, 0.3) is 0 Å². The Morgan fingerprint density at radius 3 is 2.39 bits per heavy atom. The second kappa shape index (κ2) is 9.63. The fraction of sp³-hybridized carbons (Fsp3) is 0.0909. The zero-order valence-electron chi connectivity index (χ0n) is 16.7. The van der Waals surface area contributed by atoms with Gasteiger partial charge in [-0.1, -0.05) is 47.5 Å². The summed E-state index contributed by atoms with van der Waals surface area (Å²) in [4.78, 5) is 12.0. The molecule has 0 radical (unpaired) electrons. The van der Waals surface area contributed by atoms with Crippen LogP contribution in [0.3, 0.4) is 0 Å². The van der Waals surface area contributed by atoms with Gasteiger partial charge in [0.1, 0.15) is 4.90 Å². The van der Waals surface area contributed by atoms with Gasteiger partial charge in [-0.3, -0.25) is 4.79 Å². The highest BCUT2D eigenvalue weighted by molar-refractivity contribution is 7.87. The van der Waals surface area contributed by atoms with E-state index in [9.17, 15) is 13.2 Å². The van der Waals surface area contributed by atoms with Gasteiger partial charge in [-0.15, -0.1) is 0 Å². The Hall–Kier alpha value is -3.36. The van der Waals surface area contributed by atoms with E-state index in [2.05, 4.69) is 10.5 Å². The number of hydrazone groups is 1. The molecule has 1 N–H and O–H groups in total. The molecule has 31 heavy (non-hydrogen) atoms. The van der Waals surface area contributed by atoms with Gasteiger partial charge < -0.3 is 8.92 Å². The summed E-state index contributed by atoms with van der Waals surface area (Å²) in [5, 5.41) is 3.90. The molecule has 0 saturated heterocycles. The minimum atomic E-state index is -4.11. The first-order valence-corrected chi connectivity index (χ1v) is 10.9. The van der Waals surface area contributed by atoms with Gasteiger partial charge in [-0.25, -0.2) is 5.43 Å². The van der Waals surface area contributed by atoms with Gasteiger partial charge in [0.2, 0.25) is 5.75 Å². The molecule has 0 saturated carbocycles. The summed E-state index contributed by atoms with van der Waals surface area (Å²) < 4.78 is 35.7. The third kappa shape index (κ3) is 5.62. The molecule has 9 heteroatoms. The van der Waals surface area contributed by atoms with E-state index in [1.165, 1.54) is 37.6 Å². The van der Waals surface area contributed by atoms with Crippen molar-refractivity contribution < 1.29 is 22.1 Å². The van der Waals surface area contributed by atoms with Gasteiger partial charge in [0.15, 0.2) is 5.75 Å². The van der Waals surface area contributed by atoms with Crippen molar-refractivity contribution in [3.05, 3.63) is 88.4 Å². The molecule has 0 aliphatic rings. The molecule has 3 aromatic rings. The fourth-order valence-corrected chi connectivity index (χ4v) is 3.84. The minimum absolute atomic E-state index is 0.00544. The van der Waals surface area contributed by atoms with E-state index in [1.54, 1.807) is 42.5 Å². The Balaban J connectivity index is 1.80. The number of rotatable bonds is 7. The average Bonchev–Trinajstić information content (AvgIpc) is 2.76. The molecule has 3 rings (SSSR count).